The lowest BCUT2D eigenvalue weighted by molar-refractivity contribution is -0.132. The Hall–Kier alpha value is -0.650. The molecule has 2 rings (SSSR count). The van der Waals surface area contributed by atoms with E-state index in [2.05, 4.69) is 29.2 Å². The van der Waals surface area contributed by atoms with Gasteiger partial charge in [-0.2, -0.15) is 0 Å². The molecule has 0 aromatic rings. The largest absolute Gasteiger partial charge is 0.340 e. The van der Waals surface area contributed by atoms with Crippen molar-refractivity contribution in [2.45, 2.75) is 25.3 Å². The molecule has 0 bridgehead atoms. The first kappa shape index (κ1) is 14.8. The highest BCUT2D eigenvalue weighted by Crippen LogP contribution is 2.18. The van der Waals surface area contributed by atoms with Gasteiger partial charge >= 0.3 is 0 Å². The van der Waals surface area contributed by atoms with Gasteiger partial charge in [-0.3, -0.25) is 9.69 Å². The number of piperazine rings is 1. The second-order valence-corrected chi connectivity index (χ2v) is 6.00. The second-order valence-electron chi connectivity index (χ2n) is 6.00. The van der Waals surface area contributed by atoms with Crippen LogP contribution in [0.5, 0.6) is 0 Å². The molecular weight excluding hydrogens is 240 g/mol. The minimum atomic E-state index is 0.320. The maximum absolute atomic E-state index is 12.0. The van der Waals surface area contributed by atoms with Crippen molar-refractivity contribution < 1.29 is 4.79 Å². The summed E-state index contributed by atoms with van der Waals surface area (Å²) in [4.78, 5) is 18.7. The van der Waals surface area contributed by atoms with E-state index in [1.807, 2.05) is 4.90 Å². The Balaban J connectivity index is 1.57. The van der Waals surface area contributed by atoms with Gasteiger partial charge in [-0.05, 0) is 26.9 Å². The summed E-state index contributed by atoms with van der Waals surface area (Å²) >= 11 is 0. The number of amides is 1. The predicted octanol–water partition coefficient (Wildman–Crippen LogP) is -0.166. The van der Waals surface area contributed by atoms with Gasteiger partial charge in [-0.25, -0.2) is 0 Å². The molecule has 5 heteroatoms. The Morgan fingerprint density at radius 2 is 1.89 bits per heavy atom. The molecule has 5 nitrogen and oxygen atoms in total. The molecule has 2 fully saturated rings. The highest BCUT2D eigenvalue weighted by atomic mass is 16.2. The maximum Gasteiger partial charge on any atom is 0.223 e. The van der Waals surface area contributed by atoms with Gasteiger partial charge in [0.15, 0.2) is 0 Å². The van der Waals surface area contributed by atoms with E-state index in [1.54, 1.807) is 0 Å². The maximum atomic E-state index is 12.0. The molecule has 1 amide bonds. The fourth-order valence-corrected chi connectivity index (χ4v) is 2.39. The zero-order chi connectivity index (χ0) is 13.7. The number of nitrogens with one attached hydrogen (secondary N) is 1. The Morgan fingerprint density at radius 3 is 2.47 bits per heavy atom. The van der Waals surface area contributed by atoms with Gasteiger partial charge < -0.3 is 15.1 Å². The summed E-state index contributed by atoms with van der Waals surface area (Å²) in [5.74, 6) is 0.320. The molecule has 110 valence electrons. The summed E-state index contributed by atoms with van der Waals surface area (Å²) in [7, 11) is 4.21. The number of carbonyl (C=O) groups is 1. The van der Waals surface area contributed by atoms with E-state index in [0.717, 1.165) is 45.8 Å². The first-order valence-corrected chi connectivity index (χ1v) is 7.53. The lowest BCUT2D eigenvalue weighted by atomic mass is 10.2. The van der Waals surface area contributed by atoms with Crippen LogP contribution < -0.4 is 5.32 Å². The van der Waals surface area contributed by atoms with Crippen LogP contribution in [0, 0.1) is 0 Å². The summed E-state index contributed by atoms with van der Waals surface area (Å²) < 4.78 is 0. The molecule has 19 heavy (non-hydrogen) atoms. The van der Waals surface area contributed by atoms with Gasteiger partial charge in [0.05, 0.1) is 0 Å². The van der Waals surface area contributed by atoms with Gasteiger partial charge in [-0.15, -0.1) is 0 Å². The van der Waals surface area contributed by atoms with E-state index in [9.17, 15) is 4.79 Å². The number of nitrogens with zero attached hydrogens (tertiary/aromatic N) is 3. The lowest BCUT2D eigenvalue weighted by Gasteiger charge is -2.35. The third-order valence-corrected chi connectivity index (χ3v) is 3.94. The fourth-order valence-electron chi connectivity index (χ4n) is 2.39. The SMILES string of the molecule is CN(C)CCN1CCN(C(=O)CCNC2CC2)CC1. The molecule has 1 heterocycles. The van der Waals surface area contributed by atoms with E-state index >= 15 is 0 Å². The molecule has 0 radical (unpaired) electrons. The molecule has 0 unspecified atom stereocenters. The molecule has 0 atom stereocenters. The summed E-state index contributed by atoms with van der Waals surface area (Å²) in [6, 6.07) is 0.704. The van der Waals surface area contributed by atoms with Crippen LogP contribution in [-0.2, 0) is 4.79 Å². The van der Waals surface area contributed by atoms with Crippen LogP contribution >= 0.6 is 0 Å². The molecule has 1 saturated heterocycles. The summed E-state index contributed by atoms with van der Waals surface area (Å²) in [6.07, 6.45) is 3.24. The van der Waals surface area contributed by atoms with Crippen molar-refractivity contribution in [3.05, 3.63) is 0 Å². The molecule has 0 aromatic carbocycles. The summed E-state index contributed by atoms with van der Waals surface area (Å²) in [5, 5.41) is 3.40. The summed E-state index contributed by atoms with van der Waals surface area (Å²) in [6.45, 7) is 6.90. The second kappa shape index (κ2) is 7.22. The summed E-state index contributed by atoms with van der Waals surface area (Å²) in [5.41, 5.74) is 0. The van der Waals surface area contributed by atoms with Crippen molar-refractivity contribution in [2.24, 2.45) is 0 Å². The van der Waals surface area contributed by atoms with Crippen LogP contribution in [0.3, 0.4) is 0 Å². The van der Waals surface area contributed by atoms with E-state index in [-0.39, 0.29) is 0 Å². The number of hydrogen-bond acceptors (Lipinski definition) is 4. The zero-order valence-electron chi connectivity index (χ0n) is 12.4. The Kier molecular flexibility index (Phi) is 5.60. The molecule has 0 spiro atoms. The van der Waals surface area contributed by atoms with Crippen molar-refractivity contribution in [1.29, 1.82) is 0 Å². The highest BCUT2D eigenvalue weighted by Gasteiger charge is 2.23. The molecular formula is C14H28N4O. The smallest absolute Gasteiger partial charge is 0.223 e. The lowest BCUT2D eigenvalue weighted by Crippen LogP contribution is -2.50. The van der Waals surface area contributed by atoms with Gasteiger partial charge in [-0.1, -0.05) is 0 Å². The number of rotatable bonds is 7. The van der Waals surface area contributed by atoms with Crippen LogP contribution in [0.4, 0.5) is 0 Å². The van der Waals surface area contributed by atoms with Crippen LogP contribution in [0.15, 0.2) is 0 Å². The minimum Gasteiger partial charge on any atom is -0.340 e. The van der Waals surface area contributed by atoms with Gasteiger partial charge in [0, 0.05) is 58.3 Å². The number of hydrogen-bond donors (Lipinski definition) is 1. The Labute approximate surface area is 116 Å². The molecule has 1 aliphatic carbocycles. The molecule has 2 aliphatic rings. The number of carbonyl (C=O) groups excluding carboxylic acids is 1. The van der Waals surface area contributed by atoms with Crippen LogP contribution in [-0.4, -0.2) is 86.6 Å². The van der Waals surface area contributed by atoms with E-state index in [0.29, 0.717) is 18.4 Å². The van der Waals surface area contributed by atoms with Gasteiger partial charge in [0.1, 0.15) is 0 Å². The highest BCUT2D eigenvalue weighted by molar-refractivity contribution is 5.76. The first-order chi connectivity index (χ1) is 9.15. The molecule has 1 N–H and O–H groups in total. The minimum absolute atomic E-state index is 0.320. The van der Waals surface area contributed by atoms with E-state index in [1.165, 1.54) is 12.8 Å². The van der Waals surface area contributed by atoms with Gasteiger partial charge in [0.25, 0.3) is 0 Å². The Morgan fingerprint density at radius 1 is 1.21 bits per heavy atom. The van der Waals surface area contributed by atoms with Crippen LogP contribution in [0.1, 0.15) is 19.3 Å². The van der Waals surface area contributed by atoms with Crippen molar-refractivity contribution in [1.82, 2.24) is 20.0 Å². The van der Waals surface area contributed by atoms with Crippen molar-refractivity contribution in [2.75, 3.05) is 59.9 Å². The van der Waals surface area contributed by atoms with Crippen molar-refractivity contribution in [3.8, 4) is 0 Å². The van der Waals surface area contributed by atoms with Crippen molar-refractivity contribution >= 4 is 5.91 Å². The molecule has 1 saturated carbocycles. The molecule has 1 aliphatic heterocycles. The Bertz CT molecular complexity index is 283. The standard InChI is InChI=1S/C14H28N4O/c1-16(2)7-8-17-9-11-18(12-10-17)14(19)5-6-15-13-3-4-13/h13,15H,3-12H2,1-2H3. The zero-order valence-corrected chi connectivity index (χ0v) is 12.4. The quantitative estimate of drug-likeness (QED) is 0.696. The average Bonchev–Trinajstić information content (AvgIpc) is 3.21. The third-order valence-electron chi connectivity index (χ3n) is 3.94. The molecule has 0 aromatic heterocycles. The van der Waals surface area contributed by atoms with Crippen LogP contribution in [0.2, 0.25) is 0 Å². The number of likely N-dealkylation sites (N-methyl/N-ethyl adjacent to an activating group) is 1. The fraction of sp³-hybridized carbons (Fsp3) is 0.929. The van der Waals surface area contributed by atoms with Crippen LogP contribution in [0.25, 0.3) is 0 Å². The predicted molar refractivity (Wildman–Crippen MR) is 77.2 cm³/mol. The topological polar surface area (TPSA) is 38.8 Å². The van der Waals surface area contributed by atoms with Gasteiger partial charge in [0.2, 0.25) is 5.91 Å². The van der Waals surface area contributed by atoms with E-state index in [4.69, 9.17) is 0 Å². The monoisotopic (exact) mass is 268 g/mol. The normalized spacial score (nSPS) is 21.1. The van der Waals surface area contributed by atoms with E-state index < -0.39 is 0 Å². The first-order valence-electron chi connectivity index (χ1n) is 7.53. The van der Waals surface area contributed by atoms with Crippen molar-refractivity contribution in [3.63, 3.8) is 0 Å². The average molecular weight is 268 g/mol. The third kappa shape index (κ3) is 5.47.